The van der Waals surface area contributed by atoms with Crippen molar-refractivity contribution in [3.8, 4) is 0 Å². The Kier molecular flexibility index (Phi) is 4.04. The van der Waals surface area contributed by atoms with Crippen LogP contribution in [0.2, 0.25) is 0 Å². The maximum Gasteiger partial charge on any atom is 0.292 e. The lowest BCUT2D eigenvalue weighted by molar-refractivity contribution is 0.0437. The lowest BCUT2D eigenvalue weighted by Crippen LogP contribution is -2.40. The Labute approximate surface area is 170 Å². The van der Waals surface area contributed by atoms with Crippen molar-refractivity contribution in [2.75, 3.05) is 6.54 Å². The Bertz CT molecular complexity index is 1250. The molecule has 1 aliphatic heterocycles. The maximum atomic E-state index is 14.2. The normalized spacial score (nSPS) is 16.8. The van der Waals surface area contributed by atoms with E-state index in [0.717, 1.165) is 5.69 Å². The Morgan fingerprint density at radius 1 is 1.33 bits per heavy atom. The van der Waals surface area contributed by atoms with E-state index in [1.165, 1.54) is 26.1 Å². The Morgan fingerprint density at radius 2 is 2.17 bits per heavy atom. The second-order valence-electron chi connectivity index (χ2n) is 7.81. The van der Waals surface area contributed by atoms with E-state index >= 15 is 0 Å². The van der Waals surface area contributed by atoms with Crippen LogP contribution in [0.25, 0.3) is 11.0 Å². The van der Waals surface area contributed by atoms with Gasteiger partial charge >= 0.3 is 0 Å². The molecule has 1 amide bonds. The molecule has 1 aliphatic rings. The summed E-state index contributed by atoms with van der Waals surface area (Å²) in [6, 6.07) is 5.55. The van der Waals surface area contributed by atoms with E-state index < -0.39 is 23.4 Å². The molecular formula is C21H19FN4O4. The van der Waals surface area contributed by atoms with Crippen LogP contribution in [0.4, 0.5) is 4.39 Å². The van der Waals surface area contributed by atoms with Crippen LogP contribution in [0, 0.1) is 5.82 Å². The number of benzene rings is 1. The molecule has 0 saturated heterocycles. The van der Waals surface area contributed by atoms with Crippen molar-refractivity contribution < 1.29 is 23.1 Å². The van der Waals surface area contributed by atoms with E-state index in [4.69, 9.17) is 8.83 Å². The van der Waals surface area contributed by atoms with E-state index in [0.29, 0.717) is 35.4 Å². The standard InChI is InChI=1S/C21H19FN4O4/c1-21(2,28)20-23-9-16(30-20)19(27)26-7-6-13-17(25-10-24-13)18(26)15-8-11-12(22)4-3-5-14(11)29-15/h3-5,8-10,18,28H,6-7H2,1-2H3,(H,24,25)/t18-/m1/s1. The molecule has 1 aromatic carbocycles. The lowest BCUT2D eigenvalue weighted by atomic mass is 10.00. The van der Waals surface area contributed by atoms with Crippen LogP contribution in [-0.2, 0) is 12.0 Å². The van der Waals surface area contributed by atoms with Crippen molar-refractivity contribution in [3.05, 3.63) is 71.4 Å². The van der Waals surface area contributed by atoms with Crippen molar-refractivity contribution in [2.24, 2.45) is 0 Å². The smallest absolute Gasteiger partial charge is 0.292 e. The quantitative estimate of drug-likeness (QED) is 0.537. The van der Waals surface area contributed by atoms with Gasteiger partial charge in [-0.05, 0) is 32.0 Å². The fourth-order valence-electron chi connectivity index (χ4n) is 3.76. The average molecular weight is 410 g/mol. The zero-order chi connectivity index (χ0) is 21.0. The van der Waals surface area contributed by atoms with Gasteiger partial charge in [-0.25, -0.2) is 14.4 Å². The number of carbonyl (C=O) groups is 1. The molecule has 5 rings (SSSR count). The summed E-state index contributed by atoms with van der Waals surface area (Å²) in [7, 11) is 0. The highest BCUT2D eigenvalue weighted by Crippen LogP contribution is 2.37. The molecule has 0 saturated carbocycles. The SMILES string of the molecule is CC(C)(O)c1ncc(C(=O)N2CCc3[nH]cnc3[C@H]2c2cc3c(F)cccc3o2)o1. The third kappa shape index (κ3) is 2.89. The first-order valence-electron chi connectivity index (χ1n) is 9.52. The van der Waals surface area contributed by atoms with E-state index in [1.807, 2.05) is 0 Å². The number of aliphatic hydroxyl groups is 1. The van der Waals surface area contributed by atoms with E-state index in [2.05, 4.69) is 15.0 Å². The number of oxazole rings is 1. The van der Waals surface area contributed by atoms with Crippen LogP contribution in [-0.4, -0.2) is 37.4 Å². The number of aromatic amines is 1. The third-order valence-electron chi connectivity index (χ3n) is 5.22. The van der Waals surface area contributed by atoms with Gasteiger partial charge in [-0.2, -0.15) is 0 Å². The molecule has 0 bridgehead atoms. The second kappa shape index (κ2) is 6.53. The number of nitrogens with one attached hydrogen (secondary N) is 1. The van der Waals surface area contributed by atoms with Gasteiger partial charge in [0.1, 0.15) is 28.8 Å². The van der Waals surface area contributed by atoms with Gasteiger partial charge < -0.3 is 23.8 Å². The number of fused-ring (bicyclic) bond motifs is 2. The summed E-state index contributed by atoms with van der Waals surface area (Å²) in [6.07, 6.45) is 3.43. The van der Waals surface area contributed by atoms with Crippen LogP contribution in [0.3, 0.4) is 0 Å². The van der Waals surface area contributed by atoms with Gasteiger partial charge in [-0.3, -0.25) is 4.79 Å². The number of carbonyl (C=O) groups excluding carboxylic acids is 1. The number of H-pyrrole nitrogens is 1. The van der Waals surface area contributed by atoms with Gasteiger partial charge in [0.25, 0.3) is 5.91 Å². The molecule has 3 aromatic heterocycles. The molecule has 9 heteroatoms. The Balaban J connectivity index is 1.59. The minimum Gasteiger partial charge on any atom is -0.458 e. The van der Waals surface area contributed by atoms with Crippen molar-refractivity contribution in [1.82, 2.24) is 19.9 Å². The maximum absolute atomic E-state index is 14.2. The highest BCUT2D eigenvalue weighted by Gasteiger charge is 2.38. The number of halogens is 1. The molecule has 4 heterocycles. The van der Waals surface area contributed by atoms with Gasteiger partial charge in [0.05, 0.1) is 23.6 Å². The number of nitrogens with zero attached hydrogens (tertiary/aromatic N) is 3. The van der Waals surface area contributed by atoms with Gasteiger partial charge in [0.15, 0.2) is 0 Å². The molecule has 0 unspecified atom stereocenters. The molecule has 4 aromatic rings. The number of hydrogen-bond donors (Lipinski definition) is 2. The van der Waals surface area contributed by atoms with Gasteiger partial charge in [-0.1, -0.05) is 6.07 Å². The Morgan fingerprint density at radius 3 is 2.90 bits per heavy atom. The molecule has 1 atom stereocenters. The fraction of sp³-hybridized carbons (Fsp3) is 0.286. The minimum absolute atomic E-state index is 0.00148. The summed E-state index contributed by atoms with van der Waals surface area (Å²) >= 11 is 0. The minimum atomic E-state index is -1.31. The lowest BCUT2D eigenvalue weighted by Gasteiger charge is -2.33. The monoisotopic (exact) mass is 410 g/mol. The van der Waals surface area contributed by atoms with Crippen molar-refractivity contribution >= 4 is 16.9 Å². The highest BCUT2D eigenvalue weighted by atomic mass is 19.1. The number of amides is 1. The average Bonchev–Trinajstić information content (AvgIpc) is 3.44. The first kappa shape index (κ1) is 18.6. The van der Waals surface area contributed by atoms with Gasteiger partial charge in [-0.15, -0.1) is 0 Å². The summed E-state index contributed by atoms with van der Waals surface area (Å²) in [5.74, 6) is -0.371. The summed E-state index contributed by atoms with van der Waals surface area (Å²) in [6.45, 7) is 3.42. The summed E-state index contributed by atoms with van der Waals surface area (Å²) < 4.78 is 25.7. The Hall–Kier alpha value is -3.46. The first-order valence-corrected chi connectivity index (χ1v) is 9.52. The van der Waals surface area contributed by atoms with E-state index in [1.54, 1.807) is 29.4 Å². The predicted octanol–water partition coefficient (Wildman–Crippen LogP) is 3.30. The molecule has 0 spiro atoms. The molecule has 154 valence electrons. The van der Waals surface area contributed by atoms with Crippen LogP contribution >= 0.6 is 0 Å². The predicted molar refractivity (Wildman–Crippen MR) is 103 cm³/mol. The number of aromatic nitrogens is 3. The largest absolute Gasteiger partial charge is 0.458 e. The molecule has 0 radical (unpaired) electrons. The fourth-order valence-corrected chi connectivity index (χ4v) is 3.76. The number of hydrogen-bond acceptors (Lipinski definition) is 6. The summed E-state index contributed by atoms with van der Waals surface area (Å²) in [5.41, 5.74) is 0.603. The topological polar surface area (TPSA) is 108 Å². The third-order valence-corrected chi connectivity index (χ3v) is 5.22. The van der Waals surface area contributed by atoms with Crippen LogP contribution in [0.15, 0.2) is 45.6 Å². The molecular weight excluding hydrogens is 391 g/mol. The first-order chi connectivity index (χ1) is 14.3. The van der Waals surface area contributed by atoms with Gasteiger partial charge in [0, 0.05) is 18.7 Å². The number of rotatable bonds is 3. The van der Waals surface area contributed by atoms with Crippen LogP contribution in [0.5, 0.6) is 0 Å². The zero-order valence-electron chi connectivity index (χ0n) is 16.3. The summed E-state index contributed by atoms with van der Waals surface area (Å²) in [4.78, 5) is 26.4. The zero-order valence-corrected chi connectivity index (χ0v) is 16.3. The van der Waals surface area contributed by atoms with Gasteiger partial charge in [0.2, 0.25) is 11.7 Å². The van der Waals surface area contributed by atoms with E-state index in [-0.39, 0.29) is 11.7 Å². The number of furan rings is 1. The molecule has 30 heavy (non-hydrogen) atoms. The highest BCUT2D eigenvalue weighted by molar-refractivity contribution is 5.92. The summed E-state index contributed by atoms with van der Waals surface area (Å²) in [5, 5.41) is 10.4. The van der Waals surface area contributed by atoms with Crippen molar-refractivity contribution in [2.45, 2.75) is 31.9 Å². The molecule has 0 aliphatic carbocycles. The van der Waals surface area contributed by atoms with Crippen LogP contribution in [0.1, 0.15) is 53.5 Å². The number of imidazole rings is 1. The second-order valence-corrected chi connectivity index (χ2v) is 7.81. The van der Waals surface area contributed by atoms with Crippen molar-refractivity contribution in [1.29, 1.82) is 0 Å². The molecule has 8 nitrogen and oxygen atoms in total. The van der Waals surface area contributed by atoms with Crippen molar-refractivity contribution in [3.63, 3.8) is 0 Å². The van der Waals surface area contributed by atoms with Crippen LogP contribution < -0.4 is 0 Å². The molecule has 0 fully saturated rings. The molecule has 2 N–H and O–H groups in total. The van der Waals surface area contributed by atoms with E-state index in [9.17, 15) is 14.3 Å².